The molecule has 0 spiro atoms. The summed E-state index contributed by atoms with van der Waals surface area (Å²) in [7, 11) is 1.76. The molecule has 3 unspecified atom stereocenters. The van der Waals surface area contributed by atoms with Crippen molar-refractivity contribution in [1.29, 1.82) is 0 Å². The average Bonchev–Trinajstić information content (AvgIpc) is 2.62. The number of piperazine rings is 1. The number of hydrogen-bond acceptors (Lipinski definition) is 4. The number of rotatable bonds is 2. The first-order valence-electron chi connectivity index (χ1n) is 6.10. The normalized spacial score (nSPS) is 33.9. The molecule has 6 nitrogen and oxygen atoms in total. The lowest BCUT2D eigenvalue weighted by molar-refractivity contribution is -0.132. The molecular formula is C11H20N4O2. The van der Waals surface area contributed by atoms with Crippen LogP contribution in [0.15, 0.2) is 0 Å². The summed E-state index contributed by atoms with van der Waals surface area (Å²) in [5, 5.41) is 9.22. The first-order valence-corrected chi connectivity index (χ1v) is 6.10. The van der Waals surface area contributed by atoms with E-state index in [2.05, 4.69) is 22.9 Å². The van der Waals surface area contributed by atoms with E-state index in [0.717, 1.165) is 13.1 Å². The van der Waals surface area contributed by atoms with Gasteiger partial charge in [0.25, 0.3) is 0 Å². The quantitative estimate of drug-likeness (QED) is 0.537. The predicted octanol–water partition coefficient (Wildman–Crippen LogP) is -1.72. The highest BCUT2D eigenvalue weighted by Crippen LogP contribution is 2.08. The lowest BCUT2D eigenvalue weighted by Crippen LogP contribution is -2.60. The van der Waals surface area contributed by atoms with Crippen LogP contribution >= 0.6 is 0 Å². The Morgan fingerprint density at radius 1 is 1.41 bits per heavy atom. The Balaban J connectivity index is 1.83. The molecule has 2 rings (SSSR count). The molecular weight excluding hydrogens is 220 g/mol. The lowest BCUT2D eigenvalue weighted by atomic mass is 10.1. The zero-order valence-corrected chi connectivity index (χ0v) is 10.3. The maximum atomic E-state index is 11.9. The lowest BCUT2D eigenvalue weighted by Gasteiger charge is -2.28. The van der Waals surface area contributed by atoms with E-state index in [0.29, 0.717) is 19.0 Å². The molecule has 0 aromatic heterocycles. The number of amides is 2. The maximum absolute atomic E-state index is 11.9. The molecule has 2 aliphatic rings. The number of likely N-dealkylation sites (tertiary alicyclic amines) is 1. The Bertz CT molecular complexity index is 313. The average molecular weight is 240 g/mol. The molecule has 0 saturated carbocycles. The fourth-order valence-corrected chi connectivity index (χ4v) is 2.20. The minimum absolute atomic E-state index is 0.00971. The van der Waals surface area contributed by atoms with Crippen LogP contribution in [0.1, 0.15) is 13.3 Å². The smallest absolute Gasteiger partial charge is 0.244 e. The van der Waals surface area contributed by atoms with Crippen molar-refractivity contribution in [2.75, 3.05) is 26.7 Å². The third-order valence-corrected chi connectivity index (χ3v) is 3.40. The van der Waals surface area contributed by atoms with Crippen molar-refractivity contribution < 1.29 is 9.59 Å². The van der Waals surface area contributed by atoms with Gasteiger partial charge in [-0.2, -0.15) is 0 Å². The van der Waals surface area contributed by atoms with Crippen LogP contribution in [0.2, 0.25) is 0 Å². The number of likely N-dealkylation sites (N-methyl/N-ethyl adjacent to an activating group) is 1. The Morgan fingerprint density at radius 2 is 2.18 bits per heavy atom. The van der Waals surface area contributed by atoms with Gasteiger partial charge in [-0.1, -0.05) is 0 Å². The summed E-state index contributed by atoms with van der Waals surface area (Å²) in [6, 6.07) is -0.183. The molecule has 0 aromatic rings. The van der Waals surface area contributed by atoms with Gasteiger partial charge in [0.1, 0.15) is 6.04 Å². The molecule has 3 atom stereocenters. The van der Waals surface area contributed by atoms with Crippen LogP contribution < -0.4 is 16.0 Å². The molecule has 2 fully saturated rings. The molecule has 0 radical (unpaired) electrons. The van der Waals surface area contributed by atoms with Crippen LogP contribution in [0, 0.1) is 0 Å². The van der Waals surface area contributed by atoms with Gasteiger partial charge in [-0.05, 0) is 13.3 Å². The van der Waals surface area contributed by atoms with Gasteiger partial charge in [0.05, 0.1) is 6.04 Å². The van der Waals surface area contributed by atoms with E-state index in [4.69, 9.17) is 0 Å². The molecule has 17 heavy (non-hydrogen) atoms. The van der Waals surface area contributed by atoms with Gasteiger partial charge in [-0.15, -0.1) is 0 Å². The number of nitrogens with one attached hydrogen (secondary N) is 3. The predicted molar refractivity (Wildman–Crippen MR) is 63.4 cm³/mol. The van der Waals surface area contributed by atoms with Gasteiger partial charge in [0, 0.05) is 32.7 Å². The maximum Gasteiger partial charge on any atom is 0.244 e. The van der Waals surface area contributed by atoms with E-state index < -0.39 is 0 Å². The van der Waals surface area contributed by atoms with Crippen LogP contribution in [-0.2, 0) is 9.59 Å². The van der Waals surface area contributed by atoms with E-state index >= 15 is 0 Å². The van der Waals surface area contributed by atoms with Crippen molar-refractivity contribution >= 4 is 11.8 Å². The van der Waals surface area contributed by atoms with Crippen molar-refractivity contribution in [3.63, 3.8) is 0 Å². The van der Waals surface area contributed by atoms with Crippen LogP contribution in [0.5, 0.6) is 0 Å². The van der Waals surface area contributed by atoms with Gasteiger partial charge < -0.3 is 20.9 Å². The van der Waals surface area contributed by atoms with Crippen molar-refractivity contribution in [1.82, 2.24) is 20.9 Å². The van der Waals surface area contributed by atoms with Gasteiger partial charge in [-0.25, -0.2) is 0 Å². The summed E-state index contributed by atoms with van der Waals surface area (Å²) in [5.74, 6) is -0.0754. The SMILES string of the molecule is CC1CNC(C(=O)NC2CCN(C)C2=O)CN1. The molecule has 2 saturated heterocycles. The van der Waals surface area contributed by atoms with Crippen LogP contribution in [0.4, 0.5) is 0 Å². The zero-order valence-electron chi connectivity index (χ0n) is 10.3. The molecule has 3 N–H and O–H groups in total. The van der Waals surface area contributed by atoms with Crippen LogP contribution in [0.3, 0.4) is 0 Å². The molecule has 0 bridgehead atoms. The Kier molecular flexibility index (Phi) is 3.63. The highest BCUT2D eigenvalue weighted by molar-refractivity contribution is 5.91. The van der Waals surface area contributed by atoms with Gasteiger partial charge in [0.2, 0.25) is 11.8 Å². The molecule has 2 heterocycles. The number of carbonyl (C=O) groups excluding carboxylic acids is 2. The number of hydrogen-bond donors (Lipinski definition) is 3. The van der Waals surface area contributed by atoms with Crippen molar-refractivity contribution in [3.8, 4) is 0 Å². The van der Waals surface area contributed by atoms with Crippen LogP contribution in [-0.4, -0.2) is 61.5 Å². The molecule has 2 aliphatic heterocycles. The Labute approximate surface area is 101 Å². The summed E-state index contributed by atoms with van der Waals surface area (Å²) in [5.41, 5.74) is 0. The second kappa shape index (κ2) is 5.01. The summed E-state index contributed by atoms with van der Waals surface area (Å²) in [6.07, 6.45) is 0.706. The van der Waals surface area contributed by atoms with Gasteiger partial charge in [0.15, 0.2) is 0 Å². The Morgan fingerprint density at radius 3 is 2.71 bits per heavy atom. The molecule has 96 valence electrons. The molecule has 0 aliphatic carbocycles. The minimum Gasteiger partial charge on any atom is -0.344 e. The minimum atomic E-state index is -0.339. The Hall–Kier alpha value is -1.14. The van der Waals surface area contributed by atoms with Crippen LogP contribution in [0.25, 0.3) is 0 Å². The first-order chi connectivity index (χ1) is 8.08. The number of carbonyl (C=O) groups is 2. The van der Waals surface area contributed by atoms with Gasteiger partial charge in [-0.3, -0.25) is 9.59 Å². The second-order valence-electron chi connectivity index (χ2n) is 4.88. The fraction of sp³-hybridized carbons (Fsp3) is 0.818. The van der Waals surface area contributed by atoms with E-state index in [-0.39, 0.29) is 23.9 Å². The fourth-order valence-electron chi connectivity index (χ4n) is 2.20. The topological polar surface area (TPSA) is 73.5 Å². The third-order valence-electron chi connectivity index (χ3n) is 3.40. The van der Waals surface area contributed by atoms with E-state index in [1.165, 1.54) is 0 Å². The third kappa shape index (κ3) is 2.76. The summed E-state index contributed by atoms with van der Waals surface area (Å²) in [4.78, 5) is 25.2. The zero-order chi connectivity index (χ0) is 12.4. The summed E-state index contributed by atoms with van der Waals surface area (Å²) in [6.45, 7) is 4.17. The van der Waals surface area contributed by atoms with Crippen molar-refractivity contribution in [3.05, 3.63) is 0 Å². The van der Waals surface area contributed by atoms with E-state index in [1.807, 2.05) is 0 Å². The molecule has 2 amide bonds. The monoisotopic (exact) mass is 240 g/mol. The highest BCUT2D eigenvalue weighted by atomic mass is 16.2. The number of nitrogens with zero attached hydrogens (tertiary/aromatic N) is 1. The second-order valence-corrected chi connectivity index (χ2v) is 4.88. The summed E-state index contributed by atoms with van der Waals surface area (Å²) >= 11 is 0. The summed E-state index contributed by atoms with van der Waals surface area (Å²) < 4.78 is 0. The standard InChI is InChI=1S/C11H20N4O2/c1-7-5-13-9(6-12-7)10(16)14-8-3-4-15(2)11(8)17/h7-9,12-13H,3-6H2,1-2H3,(H,14,16). The largest absolute Gasteiger partial charge is 0.344 e. The highest BCUT2D eigenvalue weighted by Gasteiger charge is 2.32. The first kappa shape index (κ1) is 12.3. The van der Waals surface area contributed by atoms with Crippen molar-refractivity contribution in [2.45, 2.75) is 31.5 Å². The van der Waals surface area contributed by atoms with Crippen molar-refractivity contribution in [2.24, 2.45) is 0 Å². The molecule has 6 heteroatoms. The van der Waals surface area contributed by atoms with E-state index in [9.17, 15) is 9.59 Å². The van der Waals surface area contributed by atoms with Gasteiger partial charge >= 0.3 is 0 Å². The van der Waals surface area contributed by atoms with E-state index in [1.54, 1.807) is 11.9 Å². The molecule has 0 aromatic carbocycles.